The maximum atomic E-state index is 11.2. The highest BCUT2D eigenvalue weighted by Gasteiger charge is 2.27. The topological polar surface area (TPSA) is 82.1 Å². The highest BCUT2D eigenvalue weighted by Crippen LogP contribution is 2.17. The molecule has 0 aromatic carbocycles. The highest BCUT2D eigenvalue weighted by atomic mass is 16.7. The first kappa shape index (κ1) is 18.6. The summed E-state index contributed by atoms with van der Waals surface area (Å²) in [5, 5.41) is 9.84. The van der Waals surface area contributed by atoms with Crippen LogP contribution in [0.25, 0.3) is 0 Å². The summed E-state index contributed by atoms with van der Waals surface area (Å²) >= 11 is 0. The molecule has 0 fully saturated rings. The quantitative estimate of drug-likeness (QED) is 0.394. The van der Waals surface area contributed by atoms with E-state index < -0.39 is 17.4 Å². The number of aliphatic hydroxyl groups is 1. The summed E-state index contributed by atoms with van der Waals surface area (Å²) in [4.78, 5) is 22.1. The van der Waals surface area contributed by atoms with Crippen molar-refractivity contribution in [3.8, 4) is 0 Å². The van der Waals surface area contributed by atoms with Gasteiger partial charge in [-0.15, -0.1) is 0 Å². The maximum absolute atomic E-state index is 11.2. The van der Waals surface area contributed by atoms with Gasteiger partial charge < -0.3 is 19.3 Å². The van der Waals surface area contributed by atoms with Gasteiger partial charge in [0.05, 0.1) is 6.61 Å². The van der Waals surface area contributed by atoms with E-state index in [9.17, 15) is 14.7 Å². The molecule has 1 N–H and O–H groups in total. The molecule has 1 unspecified atom stereocenters. The molecule has 0 bridgehead atoms. The molecule has 0 amide bonds. The lowest BCUT2D eigenvalue weighted by atomic mass is 10.1. The van der Waals surface area contributed by atoms with Crippen LogP contribution in [-0.2, 0) is 23.8 Å². The molecule has 0 heterocycles. The molecule has 0 rings (SSSR count). The first-order valence-corrected chi connectivity index (χ1v) is 6.49. The summed E-state index contributed by atoms with van der Waals surface area (Å²) < 4.78 is 15.1. The zero-order chi connectivity index (χ0) is 15.8. The smallest absolute Gasteiger partial charge is 0.330 e. The Bertz CT molecular complexity index is 346. The Balaban J connectivity index is 4.10. The van der Waals surface area contributed by atoms with Gasteiger partial charge in [-0.1, -0.05) is 13.5 Å². The van der Waals surface area contributed by atoms with Crippen LogP contribution in [-0.4, -0.2) is 41.6 Å². The van der Waals surface area contributed by atoms with Crippen LogP contribution in [0.4, 0.5) is 0 Å². The Labute approximate surface area is 119 Å². The van der Waals surface area contributed by atoms with Gasteiger partial charge in [-0.3, -0.25) is 4.79 Å². The van der Waals surface area contributed by atoms with Gasteiger partial charge in [-0.2, -0.15) is 0 Å². The Morgan fingerprint density at radius 1 is 1.30 bits per heavy atom. The second kappa shape index (κ2) is 8.01. The normalized spacial score (nSPS) is 14.2. The zero-order valence-electron chi connectivity index (χ0n) is 12.6. The third-order valence-electron chi connectivity index (χ3n) is 2.44. The number of ether oxygens (including phenoxy) is 3. The fraction of sp³-hybridized carbons (Fsp3) is 0.714. The van der Waals surface area contributed by atoms with Gasteiger partial charge in [0.1, 0.15) is 12.2 Å². The molecular weight excluding hydrogens is 264 g/mol. The van der Waals surface area contributed by atoms with Gasteiger partial charge in [0.2, 0.25) is 0 Å². The van der Waals surface area contributed by atoms with Crippen molar-refractivity contribution >= 4 is 11.9 Å². The maximum Gasteiger partial charge on any atom is 0.330 e. The van der Waals surface area contributed by atoms with E-state index in [0.29, 0.717) is 12.8 Å². The first-order valence-electron chi connectivity index (χ1n) is 6.49. The van der Waals surface area contributed by atoms with E-state index in [2.05, 4.69) is 6.58 Å². The number of esters is 2. The molecule has 0 radical (unpaired) electrons. The zero-order valence-corrected chi connectivity index (χ0v) is 12.6. The van der Waals surface area contributed by atoms with E-state index >= 15 is 0 Å². The van der Waals surface area contributed by atoms with Crippen molar-refractivity contribution in [2.45, 2.75) is 51.9 Å². The minimum atomic E-state index is -1.59. The highest BCUT2D eigenvalue weighted by molar-refractivity contribution is 5.81. The lowest BCUT2D eigenvalue weighted by Crippen LogP contribution is -2.37. The van der Waals surface area contributed by atoms with Crippen LogP contribution < -0.4 is 0 Å². The summed E-state index contributed by atoms with van der Waals surface area (Å²) in [5.74, 6) is -2.52. The SMILES string of the molecule is C=CC(=O)OCC(C)(O)OCCC(C)(C)OC(=O)CC. The van der Waals surface area contributed by atoms with Gasteiger partial charge in [-0.25, -0.2) is 4.79 Å². The Morgan fingerprint density at radius 3 is 2.40 bits per heavy atom. The van der Waals surface area contributed by atoms with E-state index in [1.165, 1.54) is 6.92 Å². The molecule has 1 atom stereocenters. The number of carbonyl (C=O) groups is 2. The minimum absolute atomic E-state index is 0.155. The summed E-state index contributed by atoms with van der Waals surface area (Å²) in [6.07, 6.45) is 1.72. The van der Waals surface area contributed by atoms with Crippen molar-refractivity contribution in [1.29, 1.82) is 0 Å². The lowest BCUT2D eigenvalue weighted by Gasteiger charge is -2.28. The van der Waals surface area contributed by atoms with Gasteiger partial charge >= 0.3 is 11.9 Å². The van der Waals surface area contributed by atoms with Gasteiger partial charge in [0.15, 0.2) is 5.79 Å². The molecule has 0 saturated heterocycles. The summed E-state index contributed by atoms with van der Waals surface area (Å²) in [6.45, 7) is 9.72. The molecular formula is C14H24O6. The Morgan fingerprint density at radius 2 is 1.90 bits per heavy atom. The van der Waals surface area contributed by atoms with Crippen LogP contribution >= 0.6 is 0 Å². The Kier molecular flexibility index (Phi) is 7.45. The number of carbonyl (C=O) groups excluding carboxylic acids is 2. The minimum Gasteiger partial charge on any atom is -0.460 e. The molecule has 20 heavy (non-hydrogen) atoms. The summed E-state index contributed by atoms with van der Waals surface area (Å²) in [7, 11) is 0. The van der Waals surface area contributed by atoms with Crippen molar-refractivity contribution in [3.63, 3.8) is 0 Å². The molecule has 116 valence electrons. The third-order valence-corrected chi connectivity index (χ3v) is 2.44. The van der Waals surface area contributed by atoms with Gasteiger partial charge in [0.25, 0.3) is 0 Å². The van der Waals surface area contributed by atoms with Crippen molar-refractivity contribution in [3.05, 3.63) is 12.7 Å². The van der Waals surface area contributed by atoms with Crippen molar-refractivity contribution in [1.82, 2.24) is 0 Å². The fourth-order valence-corrected chi connectivity index (χ4v) is 1.25. The van der Waals surface area contributed by atoms with Crippen LogP contribution in [0.3, 0.4) is 0 Å². The molecule has 6 nitrogen and oxygen atoms in total. The lowest BCUT2D eigenvalue weighted by molar-refractivity contribution is -0.223. The van der Waals surface area contributed by atoms with Crippen molar-refractivity contribution < 1.29 is 28.9 Å². The molecule has 0 aromatic heterocycles. The van der Waals surface area contributed by atoms with E-state index in [1.54, 1.807) is 20.8 Å². The molecule has 0 aromatic rings. The average Bonchev–Trinajstić information content (AvgIpc) is 2.34. The molecule has 6 heteroatoms. The van der Waals surface area contributed by atoms with Crippen LogP contribution in [0.2, 0.25) is 0 Å². The monoisotopic (exact) mass is 288 g/mol. The number of hydrogen-bond donors (Lipinski definition) is 1. The predicted molar refractivity (Wildman–Crippen MR) is 72.8 cm³/mol. The summed E-state index contributed by atoms with van der Waals surface area (Å²) in [6, 6.07) is 0. The molecule has 0 aliphatic carbocycles. The summed E-state index contributed by atoms with van der Waals surface area (Å²) in [5.41, 5.74) is -0.680. The molecule has 0 spiro atoms. The van der Waals surface area contributed by atoms with E-state index in [-0.39, 0.29) is 19.2 Å². The van der Waals surface area contributed by atoms with Crippen molar-refractivity contribution in [2.24, 2.45) is 0 Å². The number of rotatable bonds is 9. The standard InChI is InChI=1S/C14H24O6/c1-6-11(15)18-10-14(5,17)19-9-8-13(3,4)20-12(16)7-2/h6,17H,1,7-10H2,2-5H3. The van der Waals surface area contributed by atoms with Crippen LogP contribution in [0.1, 0.15) is 40.5 Å². The predicted octanol–water partition coefficient (Wildman–Crippen LogP) is 1.56. The molecule has 0 saturated carbocycles. The number of hydrogen-bond acceptors (Lipinski definition) is 6. The second-order valence-electron chi connectivity index (χ2n) is 5.17. The van der Waals surface area contributed by atoms with E-state index in [1.807, 2.05) is 0 Å². The molecule has 0 aliphatic rings. The second-order valence-corrected chi connectivity index (χ2v) is 5.17. The van der Waals surface area contributed by atoms with Crippen LogP contribution in [0.15, 0.2) is 12.7 Å². The average molecular weight is 288 g/mol. The van der Waals surface area contributed by atoms with E-state index in [0.717, 1.165) is 6.08 Å². The Hall–Kier alpha value is -1.40. The van der Waals surface area contributed by atoms with Crippen molar-refractivity contribution in [2.75, 3.05) is 13.2 Å². The van der Waals surface area contributed by atoms with Gasteiger partial charge in [0, 0.05) is 18.9 Å². The van der Waals surface area contributed by atoms with Gasteiger partial charge in [-0.05, 0) is 20.8 Å². The van der Waals surface area contributed by atoms with Crippen LogP contribution in [0, 0.1) is 0 Å². The first-order chi connectivity index (χ1) is 9.12. The molecule has 0 aliphatic heterocycles. The fourth-order valence-electron chi connectivity index (χ4n) is 1.25. The third kappa shape index (κ3) is 8.66. The van der Waals surface area contributed by atoms with Crippen LogP contribution in [0.5, 0.6) is 0 Å². The largest absolute Gasteiger partial charge is 0.460 e. The van der Waals surface area contributed by atoms with E-state index in [4.69, 9.17) is 14.2 Å².